The molecule has 72 valence electrons. The number of aromatic hydroxyl groups is 1. The van der Waals surface area contributed by atoms with Gasteiger partial charge in [-0.15, -0.1) is 0 Å². The van der Waals surface area contributed by atoms with E-state index in [1.165, 1.54) is 12.1 Å². The fourth-order valence-corrected chi connectivity index (χ4v) is 2.01. The Morgan fingerprint density at radius 1 is 0.867 bits per heavy atom. The molecule has 0 aliphatic heterocycles. The van der Waals surface area contributed by atoms with Crippen molar-refractivity contribution >= 4 is 22.3 Å². The van der Waals surface area contributed by atoms with Crippen molar-refractivity contribution < 1.29 is 14.7 Å². The quantitative estimate of drug-likeness (QED) is 0.658. The lowest BCUT2D eigenvalue weighted by Gasteiger charge is -2.01. The fraction of sp³-hybridized carbons (Fsp3) is 0. The lowest BCUT2D eigenvalue weighted by Crippen LogP contribution is -2.05. The van der Waals surface area contributed by atoms with Crippen molar-refractivity contribution in [1.29, 1.82) is 0 Å². The predicted octanol–water partition coefficient (Wildman–Crippen LogP) is 1.92. The van der Waals surface area contributed by atoms with Gasteiger partial charge in [0, 0.05) is 21.9 Å². The standard InChI is InChI=1S/C12H6O3/c13-9-5-4-8-10-6(9)2-1-3-7(10)11(14)12(8)15/h1-5,13H. The van der Waals surface area contributed by atoms with Gasteiger partial charge < -0.3 is 5.11 Å². The van der Waals surface area contributed by atoms with Crippen LogP contribution in [0.25, 0.3) is 10.8 Å². The normalized spacial score (nSPS) is 13.9. The molecule has 3 heteroatoms. The third-order valence-corrected chi connectivity index (χ3v) is 2.71. The number of carbonyl (C=O) groups excluding carboxylic acids is 2. The third kappa shape index (κ3) is 0.845. The molecule has 0 bridgehead atoms. The summed E-state index contributed by atoms with van der Waals surface area (Å²) in [5.74, 6) is -0.875. The zero-order chi connectivity index (χ0) is 10.6. The zero-order valence-corrected chi connectivity index (χ0v) is 7.65. The summed E-state index contributed by atoms with van der Waals surface area (Å²) in [5.41, 5.74) is 0.784. The predicted molar refractivity (Wildman–Crippen MR) is 54.3 cm³/mol. The minimum absolute atomic E-state index is 0.0955. The van der Waals surface area contributed by atoms with Crippen LogP contribution in [-0.4, -0.2) is 16.7 Å². The highest BCUT2D eigenvalue weighted by Gasteiger charge is 2.30. The lowest BCUT2D eigenvalue weighted by molar-refractivity contribution is 0.0825. The van der Waals surface area contributed by atoms with E-state index in [1.54, 1.807) is 18.2 Å². The van der Waals surface area contributed by atoms with Crippen LogP contribution in [0.15, 0.2) is 30.3 Å². The van der Waals surface area contributed by atoms with Gasteiger partial charge in [-0.2, -0.15) is 0 Å². The van der Waals surface area contributed by atoms with Crippen LogP contribution in [0.4, 0.5) is 0 Å². The summed E-state index contributed by atoms with van der Waals surface area (Å²) < 4.78 is 0. The van der Waals surface area contributed by atoms with Crippen LogP contribution in [0.5, 0.6) is 5.75 Å². The molecule has 0 unspecified atom stereocenters. The molecule has 0 fully saturated rings. The molecule has 0 amide bonds. The summed E-state index contributed by atoms with van der Waals surface area (Å²) in [6, 6.07) is 7.91. The summed E-state index contributed by atoms with van der Waals surface area (Å²) in [5, 5.41) is 10.7. The Labute approximate surface area is 85.0 Å². The molecule has 1 aliphatic carbocycles. The molecule has 15 heavy (non-hydrogen) atoms. The smallest absolute Gasteiger partial charge is 0.234 e. The van der Waals surface area contributed by atoms with Crippen molar-refractivity contribution in [1.82, 2.24) is 0 Å². The van der Waals surface area contributed by atoms with E-state index in [1.807, 2.05) is 0 Å². The zero-order valence-electron chi connectivity index (χ0n) is 7.65. The van der Waals surface area contributed by atoms with Crippen molar-refractivity contribution in [3.05, 3.63) is 41.5 Å². The summed E-state index contributed by atoms with van der Waals surface area (Å²) in [4.78, 5) is 23.1. The summed E-state index contributed by atoms with van der Waals surface area (Å²) in [6.45, 7) is 0. The average Bonchev–Trinajstić information content (AvgIpc) is 2.50. The van der Waals surface area contributed by atoms with Crippen LogP contribution in [0.2, 0.25) is 0 Å². The van der Waals surface area contributed by atoms with Gasteiger partial charge >= 0.3 is 0 Å². The first-order valence-electron chi connectivity index (χ1n) is 4.54. The Morgan fingerprint density at radius 2 is 1.53 bits per heavy atom. The maximum Gasteiger partial charge on any atom is 0.234 e. The van der Waals surface area contributed by atoms with Crippen molar-refractivity contribution in [2.75, 3.05) is 0 Å². The molecule has 2 aromatic carbocycles. The molecular weight excluding hydrogens is 192 g/mol. The van der Waals surface area contributed by atoms with E-state index >= 15 is 0 Å². The Morgan fingerprint density at radius 3 is 2.27 bits per heavy atom. The molecule has 2 aromatic rings. The second kappa shape index (κ2) is 2.45. The van der Waals surface area contributed by atoms with Gasteiger partial charge in [-0.25, -0.2) is 0 Å². The highest BCUT2D eigenvalue weighted by Crippen LogP contribution is 2.35. The fourth-order valence-electron chi connectivity index (χ4n) is 2.01. The van der Waals surface area contributed by atoms with Crippen LogP contribution in [-0.2, 0) is 0 Å². The number of hydrogen-bond acceptors (Lipinski definition) is 3. The molecule has 0 spiro atoms. The third-order valence-electron chi connectivity index (χ3n) is 2.71. The van der Waals surface area contributed by atoms with E-state index in [0.717, 1.165) is 0 Å². The molecule has 0 saturated carbocycles. The maximum absolute atomic E-state index is 11.6. The topological polar surface area (TPSA) is 54.4 Å². The molecule has 1 N–H and O–H groups in total. The van der Waals surface area contributed by atoms with E-state index < -0.39 is 11.6 Å². The Hall–Kier alpha value is -2.16. The van der Waals surface area contributed by atoms with Crippen LogP contribution >= 0.6 is 0 Å². The summed E-state index contributed by atoms with van der Waals surface area (Å²) >= 11 is 0. The first-order valence-corrected chi connectivity index (χ1v) is 4.54. The minimum Gasteiger partial charge on any atom is -0.507 e. The number of ketones is 2. The first kappa shape index (κ1) is 8.17. The van der Waals surface area contributed by atoms with E-state index in [0.29, 0.717) is 21.9 Å². The first-order chi connectivity index (χ1) is 7.20. The van der Waals surface area contributed by atoms with Crippen molar-refractivity contribution in [3.63, 3.8) is 0 Å². The SMILES string of the molecule is O=C1C(=O)c2ccc(O)c3cccc1c23. The largest absolute Gasteiger partial charge is 0.507 e. The monoisotopic (exact) mass is 198 g/mol. The minimum atomic E-state index is -0.485. The second-order valence-corrected chi connectivity index (χ2v) is 3.52. The molecule has 0 heterocycles. The van der Waals surface area contributed by atoms with Crippen molar-refractivity contribution in [2.45, 2.75) is 0 Å². The summed E-state index contributed by atoms with van der Waals surface area (Å²) in [6.07, 6.45) is 0. The lowest BCUT2D eigenvalue weighted by atomic mass is 10.0. The van der Waals surface area contributed by atoms with Crippen LogP contribution in [0.1, 0.15) is 20.7 Å². The van der Waals surface area contributed by atoms with Crippen molar-refractivity contribution in [3.8, 4) is 5.75 Å². The van der Waals surface area contributed by atoms with Gasteiger partial charge in [-0.1, -0.05) is 18.2 Å². The highest BCUT2D eigenvalue weighted by molar-refractivity contribution is 6.57. The van der Waals surface area contributed by atoms with Gasteiger partial charge in [0.15, 0.2) is 0 Å². The van der Waals surface area contributed by atoms with Crippen LogP contribution in [0.3, 0.4) is 0 Å². The molecule has 0 saturated heterocycles. The number of phenols is 1. The Kier molecular flexibility index (Phi) is 1.33. The number of carbonyl (C=O) groups is 2. The van der Waals surface area contributed by atoms with Gasteiger partial charge in [-0.3, -0.25) is 9.59 Å². The molecule has 0 radical (unpaired) electrons. The molecular formula is C12H6O3. The Bertz CT molecular complexity index is 606. The maximum atomic E-state index is 11.6. The molecule has 3 rings (SSSR count). The summed E-state index contributed by atoms with van der Waals surface area (Å²) in [7, 11) is 0. The highest BCUT2D eigenvalue weighted by atomic mass is 16.3. The van der Waals surface area contributed by atoms with Gasteiger partial charge in [0.05, 0.1) is 0 Å². The number of phenolic OH excluding ortho intramolecular Hbond substituents is 1. The van der Waals surface area contributed by atoms with E-state index in [-0.39, 0.29) is 5.75 Å². The molecule has 3 nitrogen and oxygen atoms in total. The van der Waals surface area contributed by atoms with Crippen LogP contribution < -0.4 is 0 Å². The molecule has 0 atom stereocenters. The van der Waals surface area contributed by atoms with E-state index in [2.05, 4.69) is 0 Å². The van der Waals surface area contributed by atoms with Gasteiger partial charge in [0.1, 0.15) is 5.75 Å². The number of rotatable bonds is 0. The van der Waals surface area contributed by atoms with Crippen molar-refractivity contribution in [2.24, 2.45) is 0 Å². The average molecular weight is 198 g/mol. The number of Topliss-reactive ketones (excluding diaryl/α,β-unsaturated/α-hetero) is 2. The molecule has 0 aromatic heterocycles. The second-order valence-electron chi connectivity index (χ2n) is 3.52. The molecule has 1 aliphatic rings. The van der Waals surface area contributed by atoms with E-state index in [9.17, 15) is 14.7 Å². The van der Waals surface area contributed by atoms with Gasteiger partial charge in [0.2, 0.25) is 11.6 Å². The number of hydrogen-bond donors (Lipinski definition) is 1. The Balaban J connectivity index is 2.62. The number of benzene rings is 2. The van der Waals surface area contributed by atoms with Gasteiger partial charge in [0.25, 0.3) is 0 Å². The van der Waals surface area contributed by atoms with Gasteiger partial charge in [-0.05, 0) is 12.1 Å². The van der Waals surface area contributed by atoms with Crippen LogP contribution in [0, 0.1) is 0 Å². The van der Waals surface area contributed by atoms with E-state index in [4.69, 9.17) is 0 Å².